The summed E-state index contributed by atoms with van der Waals surface area (Å²) in [5.41, 5.74) is -1.89. The molecule has 0 atom stereocenters. The molecule has 12 heteroatoms. The van der Waals surface area contributed by atoms with Gasteiger partial charge in [-0.15, -0.1) is 0 Å². The third-order valence-electron chi connectivity index (χ3n) is 3.38. The molecule has 0 bridgehead atoms. The summed E-state index contributed by atoms with van der Waals surface area (Å²) in [4.78, 5) is 23.3. The van der Waals surface area contributed by atoms with Crippen molar-refractivity contribution in [1.82, 2.24) is 4.57 Å². The minimum atomic E-state index is -4.67. The zero-order chi connectivity index (χ0) is 20.4. The molecule has 1 aromatic carbocycles. The number of carbonyl (C=O) groups excluding carboxylic acids is 1. The number of pyridine rings is 1. The predicted octanol–water partition coefficient (Wildman–Crippen LogP) is 1.16. The summed E-state index contributed by atoms with van der Waals surface area (Å²) in [6.45, 7) is -0.709. The van der Waals surface area contributed by atoms with Crippen LogP contribution in [0.5, 0.6) is 5.75 Å². The van der Waals surface area contributed by atoms with Gasteiger partial charge < -0.3 is 14.6 Å². The quantitative estimate of drug-likeness (QED) is 0.774. The number of sulfonamides is 1. The first-order valence-electron chi connectivity index (χ1n) is 7.20. The van der Waals surface area contributed by atoms with Crippen LogP contribution in [0, 0.1) is 0 Å². The highest BCUT2D eigenvalue weighted by molar-refractivity contribution is 7.89. The van der Waals surface area contributed by atoms with Gasteiger partial charge in [-0.05, 0) is 24.3 Å². The molecular weight excluding hydrogens is 391 g/mol. The number of carbonyl (C=O) groups is 1. The van der Waals surface area contributed by atoms with Crippen LogP contribution in [0.1, 0.15) is 5.56 Å². The third-order valence-corrected chi connectivity index (χ3v) is 4.31. The molecular formula is C15H14F3N3O5S. The largest absolute Gasteiger partial charge is 0.495 e. The molecule has 0 unspecified atom stereocenters. The first kappa shape index (κ1) is 20.5. The maximum Gasteiger partial charge on any atom is 0.417 e. The molecule has 2 aromatic rings. The lowest BCUT2D eigenvalue weighted by Gasteiger charge is -2.12. The lowest BCUT2D eigenvalue weighted by molar-refractivity contribution is -0.138. The second kappa shape index (κ2) is 7.40. The van der Waals surface area contributed by atoms with Crippen LogP contribution in [0.2, 0.25) is 0 Å². The summed E-state index contributed by atoms with van der Waals surface area (Å²) in [6.07, 6.45) is -4.15. The van der Waals surface area contributed by atoms with Gasteiger partial charge in [0, 0.05) is 18.0 Å². The van der Waals surface area contributed by atoms with Crippen molar-refractivity contribution in [2.45, 2.75) is 17.6 Å². The van der Waals surface area contributed by atoms with E-state index in [0.29, 0.717) is 22.9 Å². The van der Waals surface area contributed by atoms with E-state index in [1.54, 1.807) is 0 Å². The van der Waals surface area contributed by atoms with Crippen molar-refractivity contribution in [3.8, 4) is 5.75 Å². The van der Waals surface area contributed by atoms with Crippen LogP contribution in [0.15, 0.2) is 46.2 Å². The molecule has 0 aliphatic carbocycles. The van der Waals surface area contributed by atoms with Crippen LogP contribution in [-0.2, 0) is 27.5 Å². The number of nitrogens with one attached hydrogen (secondary N) is 1. The number of rotatable bonds is 5. The number of methoxy groups -OCH3 is 1. The second-order valence-electron chi connectivity index (χ2n) is 5.34. The molecule has 0 radical (unpaired) electrons. The number of halogens is 3. The van der Waals surface area contributed by atoms with Gasteiger partial charge in [-0.1, -0.05) is 0 Å². The molecule has 1 aromatic heterocycles. The third kappa shape index (κ3) is 5.08. The van der Waals surface area contributed by atoms with Crippen LogP contribution in [0.25, 0.3) is 0 Å². The number of aromatic nitrogens is 1. The molecule has 0 aliphatic rings. The molecule has 1 heterocycles. The number of benzene rings is 1. The van der Waals surface area contributed by atoms with Gasteiger partial charge in [-0.25, -0.2) is 13.6 Å². The molecule has 0 saturated heterocycles. The second-order valence-corrected chi connectivity index (χ2v) is 6.87. The van der Waals surface area contributed by atoms with E-state index in [-0.39, 0.29) is 16.3 Å². The molecule has 8 nitrogen and oxygen atoms in total. The van der Waals surface area contributed by atoms with E-state index in [4.69, 9.17) is 9.88 Å². The average Bonchev–Trinajstić information content (AvgIpc) is 2.55. The van der Waals surface area contributed by atoms with E-state index >= 15 is 0 Å². The highest BCUT2D eigenvalue weighted by atomic mass is 32.2. The van der Waals surface area contributed by atoms with E-state index in [9.17, 15) is 31.2 Å². The van der Waals surface area contributed by atoms with Gasteiger partial charge in [0.25, 0.3) is 5.56 Å². The van der Waals surface area contributed by atoms with Gasteiger partial charge in [-0.2, -0.15) is 13.2 Å². The number of alkyl halides is 3. The van der Waals surface area contributed by atoms with Gasteiger partial charge in [0.1, 0.15) is 17.2 Å². The summed E-state index contributed by atoms with van der Waals surface area (Å²) >= 11 is 0. The maximum atomic E-state index is 12.7. The number of hydrogen-bond acceptors (Lipinski definition) is 5. The van der Waals surface area contributed by atoms with Crippen molar-refractivity contribution in [1.29, 1.82) is 0 Å². The van der Waals surface area contributed by atoms with Crippen molar-refractivity contribution in [2.24, 2.45) is 5.14 Å². The topological polar surface area (TPSA) is 120 Å². The molecule has 0 fully saturated rings. The molecule has 0 saturated carbocycles. The van der Waals surface area contributed by atoms with Crippen LogP contribution in [0.4, 0.5) is 18.9 Å². The smallest absolute Gasteiger partial charge is 0.417 e. The Kier molecular flexibility index (Phi) is 5.61. The Morgan fingerprint density at radius 2 is 1.93 bits per heavy atom. The standard InChI is InChI=1S/C15H14F3N3O5S/c1-26-11-4-3-10(6-12(11)27(19,24)25)20-13(22)8-21-7-9(15(16,17)18)2-5-14(21)23/h2-7H,8H2,1H3,(H,20,22)(H2,19,24,25). The van der Waals surface area contributed by atoms with Gasteiger partial charge in [0.2, 0.25) is 15.9 Å². The number of nitrogens with zero attached hydrogens (tertiary/aromatic N) is 1. The average molecular weight is 405 g/mol. The summed E-state index contributed by atoms with van der Waals surface area (Å²) in [5, 5.41) is 7.35. The minimum Gasteiger partial charge on any atom is -0.495 e. The van der Waals surface area contributed by atoms with Crippen LogP contribution >= 0.6 is 0 Å². The van der Waals surface area contributed by atoms with Gasteiger partial charge in [0.05, 0.1) is 12.7 Å². The summed E-state index contributed by atoms with van der Waals surface area (Å²) < 4.78 is 66.7. The zero-order valence-electron chi connectivity index (χ0n) is 13.8. The van der Waals surface area contributed by atoms with Crippen molar-refractivity contribution >= 4 is 21.6 Å². The predicted molar refractivity (Wildman–Crippen MR) is 88.7 cm³/mol. The molecule has 0 spiro atoms. The number of ether oxygens (including phenoxy) is 1. The first-order chi connectivity index (χ1) is 12.4. The fourth-order valence-corrected chi connectivity index (χ4v) is 2.88. The van der Waals surface area contributed by atoms with Crippen molar-refractivity contribution in [3.63, 3.8) is 0 Å². The highest BCUT2D eigenvalue weighted by Gasteiger charge is 2.31. The molecule has 27 heavy (non-hydrogen) atoms. The Hall–Kier alpha value is -2.86. The number of hydrogen-bond donors (Lipinski definition) is 2. The van der Waals surface area contributed by atoms with E-state index in [0.717, 1.165) is 6.07 Å². The summed E-state index contributed by atoms with van der Waals surface area (Å²) in [6, 6.07) is 4.88. The van der Waals surface area contributed by atoms with Crippen molar-refractivity contribution in [2.75, 3.05) is 12.4 Å². The zero-order valence-corrected chi connectivity index (χ0v) is 14.6. The highest BCUT2D eigenvalue weighted by Crippen LogP contribution is 2.28. The number of anilines is 1. The fraction of sp³-hybridized carbons (Fsp3) is 0.200. The lowest BCUT2D eigenvalue weighted by atomic mass is 10.2. The SMILES string of the molecule is COc1ccc(NC(=O)Cn2cc(C(F)(F)F)ccc2=O)cc1S(N)(=O)=O. The Balaban J connectivity index is 2.26. The Morgan fingerprint density at radius 1 is 1.26 bits per heavy atom. The van der Waals surface area contributed by atoms with Crippen LogP contribution in [-0.4, -0.2) is 26.0 Å². The Labute approximate surface area is 151 Å². The van der Waals surface area contributed by atoms with Gasteiger partial charge in [0.15, 0.2) is 0 Å². The van der Waals surface area contributed by atoms with E-state index < -0.39 is 39.8 Å². The molecule has 0 aliphatic heterocycles. The lowest BCUT2D eigenvalue weighted by Crippen LogP contribution is -2.28. The monoisotopic (exact) mass is 405 g/mol. The van der Waals surface area contributed by atoms with Crippen LogP contribution < -0.4 is 20.8 Å². The minimum absolute atomic E-state index is 0.00449. The van der Waals surface area contributed by atoms with Crippen LogP contribution in [0.3, 0.4) is 0 Å². The van der Waals surface area contributed by atoms with E-state index in [1.165, 1.54) is 19.2 Å². The normalized spacial score (nSPS) is 11.9. The molecule has 2 rings (SSSR count). The molecule has 3 N–H and O–H groups in total. The van der Waals surface area contributed by atoms with Gasteiger partial charge >= 0.3 is 6.18 Å². The van der Waals surface area contributed by atoms with Gasteiger partial charge in [-0.3, -0.25) is 9.59 Å². The van der Waals surface area contributed by atoms with Crippen molar-refractivity contribution in [3.05, 3.63) is 52.4 Å². The Bertz CT molecular complexity index is 1030. The maximum absolute atomic E-state index is 12.7. The number of primary sulfonamides is 1. The number of amides is 1. The fourth-order valence-electron chi connectivity index (χ4n) is 2.15. The van der Waals surface area contributed by atoms with E-state index in [2.05, 4.69) is 5.32 Å². The molecule has 1 amide bonds. The van der Waals surface area contributed by atoms with Crippen molar-refractivity contribution < 1.29 is 31.1 Å². The number of nitrogens with two attached hydrogens (primary N) is 1. The van der Waals surface area contributed by atoms with E-state index in [1.807, 2.05) is 0 Å². The summed E-state index contributed by atoms with van der Waals surface area (Å²) in [7, 11) is -2.92. The summed E-state index contributed by atoms with van der Waals surface area (Å²) in [5.74, 6) is -0.897. The molecule has 146 valence electrons. The first-order valence-corrected chi connectivity index (χ1v) is 8.75. The Morgan fingerprint density at radius 3 is 2.48 bits per heavy atom.